The molecule has 1 aliphatic heterocycles. The first-order valence-corrected chi connectivity index (χ1v) is 7.17. The summed E-state index contributed by atoms with van der Waals surface area (Å²) in [5.74, 6) is -1.03. The number of aliphatic hydroxyl groups is 2. The fourth-order valence-electron chi connectivity index (χ4n) is 5.49. The molecular weight excluding hydrogens is 260 g/mol. The van der Waals surface area contributed by atoms with Crippen molar-refractivity contribution >= 4 is 5.97 Å². The van der Waals surface area contributed by atoms with Gasteiger partial charge in [-0.3, -0.25) is 4.79 Å². The average Bonchev–Trinajstić information content (AvgIpc) is 2.96. The fourth-order valence-corrected chi connectivity index (χ4v) is 5.49. The van der Waals surface area contributed by atoms with E-state index in [-0.39, 0.29) is 17.9 Å². The molecule has 1 spiro atoms. The van der Waals surface area contributed by atoms with E-state index >= 15 is 0 Å². The van der Waals surface area contributed by atoms with Gasteiger partial charge in [0.2, 0.25) is 0 Å². The van der Waals surface area contributed by atoms with Crippen molar-refractivity contribution in [1.82, 2.24) is 0 Å². The van der Waals surface area contributed by atoms with Crippen molar-refractivity contribution in [3.05, 3.63) is 12.2 Å². The minimum Gasteiger partial charge on any atom is -0.481 e. The smallest absolute Gasteiger partial charge is 0.312 e. The van der Waals surface area contributed by atoms with Gasteiger partial charge in [-0.15, -0.1) is 0 Å². The lowest BCUT2D eigenvalue weighted by atomic mass is 9.69. The third kappa shape index (κ3) is 0.983. The normalized spacial score (nSPS) is 63.0. The molecule has 0 radical (unpaired) electrons. The van der Waals surface area contributed by atoms with Crippen LogP contribution in [0, 0.1) is 22.7 Å². The van der Waals surface area contributed by atoms with Gasteiger partial charge in [-0.25, -0.2) is 0 Å². The van der Waals surface area contributed by atoms with Gasteiger partial charge >= 0.3 is 5.97 Å². The minimum atomic E-state index is -1.11. The summed E-state index contributed by atoms with van der Waals surface area (Å²) in [6.45, 7) is 7.69. The van der Waals surface area contributed by atoms with E-state index in [1.54, 1.807) is 6.92 Å². The maximum absolute atomic E-state index is 11.5. The van der Waals surface area contributed by atoms with Crippen LogP contribution < -0.4 is 0 Å². The second kappa shape index (κ2) is 3.13. The molecule has 0 bridgehead atoms. The van der Waals surface area contributed by atoms with Crippen LogP contribution >= 0.6 is 0 Å². The number of aliphatic carboxylic acids is 1. The Morgan fingerprint density at radius 2 is 2.00 bits per heavy atom. The van der Waals surface area contributed by atoms with Gasteiger partial charge in [-0.1, -0.05) is 13.5 Å². The molecule has 0 amide bonds. The van der Waals surface area contributed by atoms with Crippen molar-refractivity contribution in [2.24, 2.45) is 22.7 Å². The maximum atomic E-state index is 11.5. The van der Waals surface area contributed by atoms with Gasteiger partial charge in [0.05, 0.1) is 11.5 Å². The standard InChI is InChI=1S/C15H20O5/c1-6-9(16)11-15(20-11)4-7-8(14(6,15)3)5-13(2,10(7)17)12(18)19/h7-11,16-17H,1,4-5H2,2-3H3,(H,18,19). The Labute approximate surface area is 117 Å². The van der Waals surface area contributed by atoms with E-state index in [4.69, 9.17) is 4.74 Å². The topological polar surface area (TPSA) is 90.3 Å². The van der Waals surface area contributed by atoms with Crippen LogP contribution in [0.4, 0.5) is 0 Å². The Balaban J connectivity index is 1.79. The van der Waals surface area contributed by atoms with Gasteiger partial charge in [-0.05, 0) is 37.2 Å². The van der Waals surface area contributed by atoms with Crippen LogP contribution in [-0.4, -0.2) is 45.2 Å². The second-order valence-electron chi connectivity index (χ2n) is 7.45. The molecule has 5 nitrogen and oxygen atoms in total. The summed E-state index contributed by atoms with van der Waals surface area (Å²) in [6.07, 6.45) is -0.701. The molecule has 3 saturated carbocycles. The number of epoxide rings is 1. The van der Waals surface area contributed by atoms with Gasteiger partial charge in [-0.2, -0.15) is 0 Å². The molecule has 110 valence electrons. The first-order chi connectivity index (χ1) is 9.20. The van der Waals surface area contributed by atoms with E-state index in [2.05, 4.69) is 6.58 Å². The zero-order valence-electron chi connectivity index (χ0n) is 11.7. The summed E-state index contributed by atoms with van der Waals surface area (Å²) >= 11 is 0. The highest BCUT2D eigenvalue weighted by molar-refractivity contribution is 5.76. The Hall–Kier alpha value is -0.910. The van der Waals surface area contributed by atoms with Crippen LogP contribution in [0.3, 0.4) is 0 Å². The van der Waals surface area contributed by atoms with Crippen LogP contribution in [0.25, 0.3) is 0 Å². The molecule has 1 heterocycles. The SMILES string of the molecule is C=C1C(O)C2OC23CC2C(O)C(C)(C(=O)O)CC2C13C. The number of ether oxygens (including phenoxy) is 1. The van der Waals surface area contributed by atoms with Crippen molar-refractivity contribution < 1.29 is 24.9 Å². The average molecular weight is 280 g/mol. The van der Waals surface area contributed by atoms with Crippen LogP contribution in [0.15, 0.2) is 12.2 Å². The number of rotatable bonds is 1. The minimum absolute atomic E-state index is 0.00764. The third-order valence-corrected chi connectivity index (χ3v) is 6.92. The van der Waals surface area contributed by atoms with Crippen LogP contribution in [0.2, 0.25) is 0 Å². The van der Waals surface area contributed by atoms with E-state index in [0.717, 1.165) is 5.57 Å². The first-order valence-electron chi connectivity index (χ1n) is 7.17. The van der Waals surface area contributed by atoms with E-state index in [9.17, 15) is 20.1 Å². The number of fused-ring (bicyclic) bond motifs is 2. The highest BCUT2D eigenvalue weighted by Crippen LogP contribution is 2.77. The molecule has 8 unspecified atom stereocenters. The third-order valence-electron chi connectivity index (χ3n) is 6.92. The van der Waals surface area contributed by atoms with Gasteiger partial charge in [0, 0.05) is 5.41 Å². The number of hydrogen-bond donors (Lipinski definition) is 3. The highest BCUT2D eigenvalue weighted by Gasteiger charge is 2.84. The summed E-state index contributed by atoms with van der Waals surface area (Å²) in [7, 11) is 0. The summed E-state index contributed by atoms with van der Waals surface area (Å²) in [5, 5.41) is 30.2. The number of hydrogen-bond acceptors (Lipinski definition) is 4. The molecule has 4 rings (SSSR count). The van der Waals surface area contributed by atoms with Crippen LogP contribution in [-0.2, 0) is 9.53 Å². The Morgan fingerprint density at radius 1 is 1.35 bits per heavy atom. The summed E-state index contributed by atoms with van der Waals surface area (Å²) in [5.41, 5.74) is -1.20. The van der Waals surface area contributed by atoms with E-state index < -0.39 is 34.6 Å². The highest BCUT2D eigenvalue weighted by atomic mass is 16.6. The Kier molecular flexibility index (Phi) is 2.00. The van der Waals surface area contributed by atoms with Crippen molar-refractivity contribution in [2.45, 2.75) is 50.6 Å². The number of carbonyl (C=O) groups is 1. The summed E-state index contributed by atoms with van der Waals surface area (Å²) in [4.78, 5) is 11.5. The molecule has 5 heteroatoms. The maximum Gasteiger partial charge on any atom is 0.312 e. The zero-order chi connectivity index (χ0) is 14.7. The molecule has 0 aromatic rings. The molecule has 8 atom stereocenters. The summed E-state index contributed by atoms with van der Waals surface area (Å²) in [6, 6.07) is 0. The van der Waals surface area contributed by atoms with E-state index in [1.807, 2.05) is 6.92 Å². The predicted molar refractivity (Wildman–Crippen MR) is 68.8 cm³/mol. The lowest BCUT2D eigenvalue weighted by molar-refractivity contribution is -0.154. The predicted octanol–water partition coefficient (Wildman–Crippen LogP) is 0.553. The quantitative estimate of drug-likeness (QED) is 0.482. The van der Waals surface area contributed by atoms with Crippen molar-refractivity contribution in [3.8, 4) is 0 Å². The van der Waals surface area contributed by atoms with Crippen molar-refractivity contribution in [1.29, 1.82) is 0 Å². The van der Waals surface area contributed by atoms with E-state index in [1.165, 1.54) is 0 Å². The molecule has 4 aliphatic rings. The Morgan fingerprint density at radius 3 is 2.60 bits per heavy atom. The van der Waals surface area contributed by atoms with Gasteiger partial charge in [0.15, 0.2) is 0 Å². The van der Waals surface area contributed by atoms with Gasteiger partial charge < -0.3 is 20.1 Å². The number of carboxylic acids is 1. The van der Waals surface area contributed by atoms with E-state index in [0.29, 0.717) is 12.8 Å². The molecule has 3 N–H and O–H groups in total. The monoisotopic (exact) mass is 280 g/mol. The summed E-state index contributed by atoms with van der Waals surface area (Å²) < 4.78 is 5.79. The molecule has 4 fully saturated rings. The fraction of sp³-hybridized carbons (Fsp3) is 0.800. The first kappa shape index (κ1) is 12.8. The zero-order valence-corrected chi connectivity index (χ0v) is 11.7. The molecule has 0 aromatic carbocycles. The molecule has 3 aliphatic carbocycles. The van der Waals surface area contributed by atoms with Gasteiger partial charge in [0.25, 0.3) is 0 Å². The Bertz CT molecular complexity index is 544. The number of aliphatic hydroxyl groups excluding tert-OH is 2. The molecule has 0 aromatic heterocycles. The molecular formula is C15H20O5. The van der Waals surface area contributed by atoms with Crippen LogP contribution in [0.5, 0.6) is 0 Å². The lowest BCUT2D eigenvalue weighted by Crippen LogP contribution is -2.40. The molecule has 1 saturated heterocycles. The van der Waals surface area contributed by atoms with Gasteiger partial charge in [0.1, 0.15) is 17.8 Å². The van der Waals surface area contributed by atoms with Crippen LogP contribution in [0.1, 0.15) is 26.7 Å². The van der Waals surface area contributed by atoms with Crippen molar-refractivity contribution in [3.63, 3.8) is 0 Å². The lowest BCUT2D eigenvalue weighted by Gasteiger charge is -2.35. The second-order valence-corrected chi connectivity index (χ2v) is 7.45. The number of carboxylic acid groups (broad SMARTS) is 1. The van der Waals surface area contributed by atoms with Crippen molar-refractivity contribution in [2.75, 3.05) is 0 Å². The largest absolute Gasteiger partial charge is 0.481 e. The molecule has 20 heavy (non-hydrogen) atoms.